The molecule has 6 heterocycles. The molecule has 8 atom stereocenters. The second-order valence-electron chi connectivity index (χ2n) is 16.5. The van der Waals surface area contributed by atoms with Crippen molar-refractivity contribution in [3.05, 3.63) is 115 Å². The van der Waals surface area contributed by atoms with Crippen LogP contribution in [0.1, 0.15) is 40.5 Å². The molecule has 6 aliphatic rings. The summed E-state index contributed by atoms with van der Waals surface area (Å²) in [5.74, 6) is -5.34. The number of phenols is 2. The zero-order valence-electron chi connectivity index (χ0n) is 33.5. The zero-order valence-corrected chi connectivity index (χ0v) is 35.1. The van der Waals surface area contributed by atoms with Gasteiger partial charge in [-0.25, -0.2) is 0 Å². The van der Waals surface area contributed by atoms with E-state index < -0.39 is 86.5 Å². The minimum Gasteiger partial charge on any atom is -0.504 e. The summed E-state index contributed by atoms with van der Waals surface area (Å²) in [5, 5.41) is 51.9. The molecule has 18 nitrogen and oxygen atoms in total. The van der Waals surface area contributed by atoms with Crippen LogP contribution in [0.15, 0.2) is 72.8 Å². The van der Waals surface area contributed by atoms with Gasteiger partial charge in [-0.2, -0.15) is 0 Å². The average molecular weight is 895 g/mol. The molecule has 324 valence electrons. The number of carbonyl (C=O) groups excluding carboxylic acids is 4. The van der Waals surface area contributed by atoms with Gasteiger partial charge < -0.3 is 30.3 Å². The van der Waals surface area contributed by atoms with Crippen molar-refractivity contribution in [3.8, 4) is 23.0 Å². The van der Waals surface area contributed by atoms with Gasteiger partial charge in [-0.05, 0) is 47.5 Å². The smallest absolute Gasteiger partial charge is 0.269 e. The van der Waals surface area contributed by atoms with E-state index >= 15 is 9.59 Å². The summed E-state index contributed by atoms with van der Waals surface area (Å²) in [6.07, 6.45) is -0.721. The Bertz CT molecular complexity index is 2720. The molecule has 0 aliphatic carbocycles. The number of nitro groups is 2. The second kappa shape index (κ2) is 14.7. The number of phenolic OH excluding ortho intramolecular Hbond substituents is 2. The fourth-order valence-electron chi connectivity index (χ4n) is 11.5. The number of rotatable bonds is 10. The van der Waals surface area contributed by atoms with Crippen LogP contribution in [-0.2, 0) is 30.3 Å². The summed E-state index contributed by atoms with van der Waals surface area (Å²) >= 11 is 2.99. The van der Waals surface area contributed by atoms with E-state index in [0.717, 1.165) is 0 Å². The molecule has 2 amide bonds. The highest BCUT2D eigenvalue weighted by molar-refractivity contribution is 7.99. The van der Waals surface area contributed by atoms with Crippen LogP contribution >= 0.6 is 23.5 Å². The predicted molar refractivity (Wildman–Crippen MR) is 229 cm³/mol. The molecule has 0 aromatic heterocycles. The van der Waals surface area contributed by atoms with Crippen molar-refractivity contribution in [1.82, 2.24) is 9.80 Å². The summed E-state index contributed by atoms with van der Waals surface area (Å²) in [6, 6.07) is 16.2. The van der Waals surface area contributed by atoms with Crippen LogP contribution in [-0.4, -0.2) is 103 Å². The predicted octanol–water partition coefficient (Wildman–Crippen LogP) is 5.03. The molecule has 8 unspecified atom stereocenters. The first-order chi connectivity index (χ1) is 30.3. The van der Waals surface area contributed by atoms with Crippen LogP contribution in [0.3, 0.4) is 0 Å². The Morgan fingerprint density at radius 2 is 1.30 bits per heavy atom. The number of nitrogens with one attached hydrogen (secondary N) is 2. The molecule has 4 fully saturated rings. The molecule has 0 bridgehead atoms. The highest BCUT2D eigenvalue weighted by Gasteiger charge is 2.72. The molecule has 4 N–H and O–H groups in total. The van der Waals surface area contributed by atoms with E-state index in [1.807, 2.05) is 9.80 Å². The molecule has 2 spiro atoms. The number of benzene rings is 4. The number of Topliss-reactive ketones (excluding diaryl/α,β-unsaturated/α-hetero) is 2. The summed E-state index contributed by atoms with van der Waals surface area (Å²) in [4.78, 5) is 87.8. The third-order valence-electron chi connectivity index (χ3n) is 13.8. The lowest BCUT2D eigenvalue weighted by Gasteiger charge is -2.37. The fourth-order valence-corrected chi connectivity index (χ4v) is 14.1. The number of non-ortho nitro benzene ring substituents is 2. The highest BCUT2D eigenvalue weighted by atomic mass is 32.2. The normalized spacial score (nSPS) is 29.0. The van der Waals surface area contributed by atoms with Crippen LogP contribution in [0.25, 0.3) is 0 Å². The number of thioether (sulfide) groups is 2. The molecule has 10 rings (SSSR count). The Hall–Kier alpha value is -6.22. The van der Waals surface area contributed by atoms with Gasteiger partial charge in [0.15, 0.2) is 23.0 Å². The molecule has 4 saturated heterocycles. The molecule has 0 saturated carbocycles. The maximum absolute atomic E-state index is 15.7. The number of methoxy groups -OCH3 is 2. The van der Waals surface area contributed by atoms with Gasteiger partial charge in [-0.15, -0.1) is 23.5 Å². The number of hydrogen-bond donors (Lipinski definition) is 4. The van der Waals surface area contributed by atoms with E-state index in [1.54, 1.807) is 18.2 Å². The topological polar surface area (TPSA) is 244 Å². The summed E-state index contributed by atoms with van der Waals surface area (Å²) in [7, 11) is 2.75. The molecule has 63 heavy (non-hydrogen) atoms. The van der Waals surface area contributed by atoms with Crippen molar-refractivity contribution in [3.63, 3.8) is 0 Å². The maximum atomic E-state index is 15.7. The number of nitrogens with zero attached hydrogens (tertiary/aromatic N) is 4. The van der Waals surface area contributed by atoms with Crippen molar-refractivity contribution >= 4 is 69.7 Å². The molecule has 0 radical (unpaired) electrons. The molecule has 20 heteroatoms. The first-order valence-corrected chi connectivity index (χ1v) is 22.3. The van der Waals surface area contributed by atoms with Gasteiger partial charge in [0, 0.05) is 99.9 Å². The van der Waals surface area contributed by atoms with Crippen molar-refractivity contribution in [1.29, 1.82) is 0 Å². The SMILES string of the molecule is COc1ccc(C2C3CSCN3C3(C(=O)Nc4ccc([N+](=O)[O-])cc43)C2C(=O)CC(=O)C2C3CSCN3C3(C(=O)Nc4ccc([N+](=O)[O-])cc43)C2c2ccc(O)c(OC)c2)cc1O. The van der Waals surface area contributed by atoms with E-state index in [2.05, 4.69) is 10.6 Å². The third-order valence-corrected chi connectivity index (χ3v) is 15.9. The number of ketones is 2. The maximum Gasteiger partial charge on any atom is 0.269 e. The van der Waals surface area contributed by atoms with Gasteiger partial charge in [0.05, 0.1) is 36.4 Å². The largest absolute Gasteiger partial charge is 0.504 e. The Kier molecular flexibility index (Phi) is 9.51. The second-order valence-corrected chi connectivity index (χ2v) is 18.5. The van der Waals surface area contributed by atoms with Gasteiger partial charge in [0.2, 0.25) is 11.8 Å². The number of hydrogen-bond acceptors (Lipinski definition) is 16. The number of fused-ring (bicyclic) bond motifs is 8. The Labute approximate surface area is 366 Å². The fraction of sp³-hybridized carbons (Fsp3) is 0.349. The van der Waals surface area contributed by atoms with Crippen LogP contribution in [0.2, 0.25) is 0 Å². The van der Waals surface area contributed by atoms with Crippen molar-refractivity contribution in [2.45, 2.75) is 41.4 Å². The summed E-state index contributed by atoms with van der Waals surface area (Å²) in [5.41, 5.74) is -1.99. The first kappa shape index (κ1) is 40.8. The Morgan fingerprint density at radius 3 is 1.90 bits per heavy atom. The summed E-state index contributed by atoms with van der Waals surface area (Å²) < 4.78 is 10.8. The minimum atomic E-state index is -1.80. The lowest BCUT2D eigenvalue weighted by atomic mass is 9.67. The number of carbonyl (C=O) groups is 4. The number of anilines is 2. The van der Waals surface area contributed by atoms with Gasteiger partial charge in [-0.3, -0.25) is 49.2 Å². The Balaban J connectivity index is 1.14. The van der Waals surface area contributed by atoms with Crippen LogP contribution in [0.4, 0.5) is 22.7 Å². The van der Waals surface area contributed by atoms with E-state index in [1.165, 1.54) is 92.3 Å². The van der Waals surface area contributed by atoms with E-state index in [0.29, 0.717) is 39.6 Å². The van der Waals surface area contributed by atoms with Gasteiger partial charge >= 0.3 is 0 Å². The van der Waals surface area contributed by atoms with Gasteiger partial charge in [0.25, 0.3) is 11.4 Å². The van der Waals surface area contributed by atoms with Gasteiger partial charge in [-0.1, -0.05) is 12.1 Å². The van der Waals surface area contributed by atoms with E-state index in [9.17, 15) is 40.0 Å². The third kappa shape index (κ3) is 5.60. The Morgan fingerprint density at radius 1 is 0.730 bits per heavy atom. The molecule has 4 aromatic carbocycles. The monoisotopic (exact) mass is 894 g/mol. The van der Waals surface area contributed by atoms with Crippen LogP contribution in [0.5, 0.6) is 23.0 Å². The number of ether oxygens (including phenoxy) is 2. The average Bonchev–Trinajstić information content (AvgIpc) is 4.11. The molecule has 4 aromatic rings. The molecule has 6 aliphatic heterocycles. The van der Waals surface area contributed by atoms with Crippen molar-refractivity contribution < 1.29 is 48.7 Å². The first-order valence-electron chi connectivity index (χ1n) is 20.0. The number of nitro benzene ring substituents is 2. The van der Waals surface area contributed by atoms with Crippen molar-refractivity contribution in [2.75, 3.05) is 48.1 Å². The standard InChI is InChI=1S/C43H38N6O12S2/c1-60-34-10-4-20(11-31(34)51)36-28-16-62-18-46(28)43(25-14-23(49(58)59)6-8-27(25)45-41(43)55)39(36)33(53)15-32(52)37-29-17-63-19-47(29)42(38(37)21-3-9-30(50)35(12-21)61-2)24-13-22(48(56)57)5-7-26(24)44-40(42)54/h3-14,28-29,36-39,50-51H,15-19H2,1-2H3,(H,44,54)(H,45,55). The van der Waals surface area contributed by atoms with Crippen molar-refractivity contribution in [2.24, 2.45) is 11.8 Å². The van der Waals surface area contributed by atoms with E-state index in [-0.39, 0.29) is 51.7 Å². The summed E-state index contributed by atoms with van der Waals surface area (Å²) in [6.45, 7) is 0. The lowest BCUT2D eigenvalue weighted by molar-refractivity contribution is -0.385. The molecular weight excluding hydrogens is 857 g/mol. The lowest BCUT2D eigenvalue weighted by Crippen LogP contribution is -2.53. The van der Waals surface area contributed by atoms with Crippen LogP contribution < -0.4 is 20.1 Å². The molecular formula is C43H38N6O12S2. The zero-order chi connectivity index (χ0) is 44.3. The highest BCUT2D eigenvalue weighted by Crippen LogP contribution is 2.64. The number of aromatic hydroxyl groups is 2. The number of amides is 2. The quantitative estimate of drug-likeness (QED) is 0.0927. The minimum absolute atomic E-state index is 0.0565. The van der Waals surface area contributed by atoms with E-state index in [4.69, 9.17) is 9.47 Å². The van der Waals surface area contributed by atoms with Crippen LogP contribution in [0, 0.1) is 32.1 Å². The van der Waals surface area contributed by atoms with Gasteiger partial charge in [0.1, 0.15) is 22.6 Å².